The van der Waals surface area contributed by atoms with Crippen LogP contribution in [0.5, 0.6) is 0 Å². The van der Waals surface area contributed by atoms with E-state index in [0.29, 0.717) is 6.61 Å². The molecule has 1 aromatic rings. The van der Waals surface area contributed by atoms with Gasteiger partial charge in [0.15, 0.2) is 0 Å². The third-order valence-electron chi connectivity index (χ3n) is 3.69. The molecule has 1 atom stereocenters. The minimum absolute atomic E-state index is 0.0830. The van der Waals surface area contributed by atoms with E-state index in [0.717, 1.165) is 18.4 Å². The van der Waals surface area contributed by atoms with E-state index in [1.165, 1.54) is 17.0 Å². The summed E-state index contributed by atoms with van der Waals surface area (Å²) in [6.45, 7) is 2.79. The van der Waals surface area contributed by atoms with Gasteiger partial charge < -0.3 is 14.4 Å². The van der Waals surface area contributed by atoms with Crippen LogP contribution in [0.15, 0.2) is 24.3 Å². The summed E-state index contributed by atoms with van der Waals surface area (Å²) in [5.74, 6) is -0.944. The van der Waals surface area contributed by atoms with Crippen molar-refractivity contribution in [3.05, 3.63) is 35.6 Å². The Morgan fingerprint density at radius 2 is 2.09 bits per heavy atom. The molecule has 0 unspecified atom stereocenters. The Bertz CT molecular complexity index is 526. The lowest BCUT2D eigenvalue weighted by molar-refractivity contribution is -0.150. The third kappa shape index (κ3) is 5.63. The highest BCUT2D eigenvalue weighted by molar-refractivity contribution is 5.82. The fourth-order valence-electron chi connectivity index (χ4n) is 2.53. The van der Waals surface area contributed by atoms with Crippen LogP contribution in [0.25, 0.3) is 0 Å². The zero-order valence-corrected chi connectivity index (χ0v) is 13.3. The number of carbonyl (C=O) groups excluding carboxylic acids is 2. The number of halogens is 1. The predicted molar refractivity (Wildman–Crippen MR) is 82.0 cm³/mol. The van der Waals surface area contributed by atoms with Gasteiger partial charge in [0.1, 0.15) is 12.4 Å². The number of ether oxygens (including phenoxy) is 2. The molecule has 6 heteroatoms. The first-order valence-electron chi connectivity index (χ1n) is 7.88. The fraction of sp³-hybridized carbons (Fsp3) is 0.529. The molecule has 2 rings (SSSR count). The highest BCUT2D eigenvalue weighted by Gasteiger charge is 2.24. The number of rotatable bonds is 7. The summed E-state index contributed by atoms with van der Waals surface area (Å²) < 4.78 is 23.4. The second-order valence-electron chi connectivity index (χ2n) is 5.52. The fourth-order valence-corrected chi connectivity index (χ4v) is 2.53. The summed E-state index contributed by atoms with van der Waals surface area (Å²) in [6.07, 6.45) is 1.98. The van der Waals surface area contributed by atoms with E-state index in [2.05, 4.69) is 0 Å². The van der Waals surface area contributed by atoms with E-state index in [-0.39, 0.29) is 43.9 Å². The number of carbonyl (C=O) groups is 2. The summed E-state index contributed by atoms with van der Waals surface area (Å²) >= 11 is 0. The number of benzene rings is 1. The van der Waals surface area contributed by atoms with Crippen molar-refractivity contribution in [1.29, 1.82) is 0 Å². The van der Waals surface area contributed by atoms with Gasteiger partial charge in [-0.1, -0.05) is 12.1 Å². The summed E-state index contributed by atoms with van der Waals surface area (Å²) in [5.41, 5.74) is 0.761. The van der Waals surface area contributed by atoms with E-state index in [1.807, 2.05) is 0 Å². The van der Waals surface area contributed by atoms with Gasteiger partial charge in [0.05, 0.1) is 19.1 Å². The van der Waals surface area contributed by atoms with Crippen LogP contribution in [0.4, 0.5) is 4.39 Å². The number of amides is 1. The Kier molecular flexibility index (Phi) is 6.52. The Hall–Kier alpha value is -1.95. The van der Waals surface area contributed by atoms with E-state index in [9.17, 15) is 14.0 Å². The summed E-state index contributed by atoms with van der Waals surface area (Å²) in [5, 5.41) is 0. The lowest BCUT2D eigenvalue weighted by Gasteiger charge is -2.23. The van der Waals surface area contributed by atoms with Crippen molar-refractivity contribution in [3.63, 3.8) is 0 Å². The van der Waals surface area contributed by atoms with Gasteiger partial charge in [0.2, 0.25) is 5.91 Å². The summed E-state index contributed by atoms with van der Waals surface area (Å²) in [4.78, 5) is 25.6. The average Bonchev–Trinajstić information content (AvgIpc) is 3.02. The topological polar surface area (TPSA) is 55.8 Å². The lowest BCUT2D eigenvalue weighted by atomic mass is 10.1. The molecule has 0 bridgehead atoms. The molecular weight excluding hydrogens is 301 g/mol. The Labute approximate surface area is 135 Å². The first kappa shape index (κ1) is 17.4. The SMILES string of the molecule is CCOC(=O)CN(Cc1ccc(F)cc1)C(=O)C[C@@H]1CCCO1. The number of hydrogen-bond donors (Lipinski definition) is 0. The molecule has 1 saturated heterocycles. The first-order valence-corrected chi connectivity index (χ1v) is 7.88. The smallest absolute Gasteiger partial charge is 0.325 e. The standard InChI is InChI=1S/C17H22FNO4/c1-2-22-17(21)12-19(11-13-5-7-14(18)8-6-13)16(20)10-15-4-3-9-23-15/h5-8,15H,2-4,9-12H2,1H3/t15-/m0/s1. The van der Waals surface area contributed by atoms with Gasteiger partial charge in [-0.2, -0.15) is 0 Å². The first-order chi connectivity index (χ1) is 11.1. The van der Waals surface area contributed by atoms with Gasteiger partial charge in [-0.3, -0.25) is 9.59 Å². The molecule has 1 heterocycles. The maximum Gasteiger partial charge on any atom is 0.325 e. The van der Waals surface area contributed by atoms with Crippen LogP contribution in [0, 0.1) is 5.82 Å². The van der Waals surface area contributed by atoms with Crippen LogP contribution in [0.1, 0.15) is 31.7 Å². The number of esters is 1. The molecule has 5 nitrogen and oxygen atoms in total. The van der Waals surface area contributed by atoms with Gasteiger partial charge >= 0.3 is 5.97 Å². The Morgan fingerprint density at radius 3 is 2.70 bits per heavy atom. The largest absolute Gasteiger partial charge is 0.465 e. The maximum absolute atomic E-state index is 13.0. The van der Waals surface area contributed by atoms with Gasteiger partial charge in [0.25, 0.3) is 0 Å². The normalized spacial score (nSPS) is 17.0. The predicted octanol–water partition coefficient (Wildman–Crippen LogP) is 2.29. The quantitative estimate of drug-likeness (QED) is 0.723. The number of nitrogens with zero attached hydrogens (tertiary/aromatic N) is 1. The van der Waals surface area contributed by atoms with E-state index in [1.54, 1.807) is 19.1 Å². The summed E-state index contributed by atoms with van der Waals surface area (Å²) in [7, 11) is 0. The zero-order chi connectivity index (χ0) is 16.7. The molecule has 1 aliphatic rings. The summed E-state index contributed by atoms with van der Waals surface area (Å²) in [6, 6.07) is 5.88. The molecule has 1 fully saturated rings. The Morgan fingerprint density at radius 1 is 1.35 bits per heavy atom. The van der Waals surface area contributed by atoms with Gasteiger partial charge in [-0.25, -0.2) is 4.39 Å². The average molecular weight is 323 g/mol. The van der Waals surface area contributed by atoms with Crippen molar-refractivity contribution >= 4 is 11.9 Å². The molecule has 0 spiro atoms. The second kappa shape index (κ2) is 8.62. The van der Waals surface area contributed by atoms with Crippen molar-refractivity contribution < 1.29 is 23.5 Å². The minimum atomic E-state index is -0.449. The molecule has 1 aliphatic heterocycles. The molecule has 0 radical (unpaired) electrons. The molecule has 126 valence electrons. The van der Waals surface area contributed by atoms with Crippen LogP contribution in [0.2, 0.25) is 0 Å². The molecule has 0 aromatic heterocycles. The van der Waals surface area contributed by atoms with Crippen molar-refractivity contribution in [2.24, 2.45) is 0 Å². The van der Waals surface area contributed by atoms with Gasteiger partial charge in [0, 0.05) is 13.2 Å². The molecule has 1 amide bonds. The van der Waals surface area contributed by atoms with Crippen molar-refractivity contribution in [1.82, 2.24) is 4.90 Å². The van der Waals surface area contributed by atoms with Crippen LogP contribution < -0.4 is 0 Å². The van der Waals surface area contributed by atoms with Crippen molar-refractivity contribution in [3.8, 4) is 0 Å². The zero-order valence-electron chi connectivity index (χ0n) is 13.3. The van der Waals surface area contributed by atoms with Crippen molar-refractivity contribution in [2.75, 3.05) is 19.8 Å². The molecule has 0 N–H and O–H groups in total. The van der Waals surface area contributed by atoms with Crippen LogP contribution in [-0.2, 0) is 25.6 Å². The Balaban J connectivity index is 2.01. The van der Waals surface area contributed by atoms with Crippen LogP contribution in [0.3, 0.4) is 0 Å². The molecule has 1 aromatic carbocycles. The van der Waals surface area contributed by atoms with E-state index < -0.39 is 5.97 Å². The maximum atomic E-state index is 13.0. The van der Waals surface area contributed by atoms with Crippen LogP contribution >= 0.6 is 0 Å². The molecular formula is C17H22FNO4. The van der Waals surface area contributed by atoms with Gasteiger partial charge in [-0.15, -0.1) is 0 Å². The lowest BCUT2D eigenvalue weighted by Crippen LogP contribution is -2.37. The monoisotopic (exact) mass is 323 g/mol. The van der Waals surface area contributed by atoms with Crippen molar-refractivity contribution in [2.45, 2.75) is 38.8 Å². The van der Waals surface area contributed by atoms with Gasteiger partial charge in [-0.05, 0) is 37.5 Å². The van der Waals surface area contributed by atoms with Crippen LogP contribution in [-0.4, -0.2) is 42.6 Å². The number of hydrogen-bond acceptors (Lipinski definition) is 4. The third-order valence-corrected chi connectivity index (χ3v) is 3.69. The minimum Gasteiger partial charge on any atom is -0.465 e. The van der Waals surface area contributed by atoms with E-state index >= 15 is 0 Å². The molecule has 23 heavy (non-hydrogen) atoms. The highest BCUT2D eigenvalue weighted by atomic mass is 19.1. The molecule has 0 saturated carbocycles. The molecule has 0 aliphatic carbocycles. The van der Waals surface area contributed by atoms with E-state index in [4.69, 9.17) is 9.47 Å². The second-order valence-corrected chi connectivity index (χ2v) is 5.52. The highest BCUT2D eigenvalue weighted by Crippen LogP contribution is 2.17.